The zero-order chi connectivity index (χ0) is 19.0. The van der Waals surface area contributed by atoms with Gasteiger partial charge in [0, 0.05) is 42.4 Å². The molecule has 0 spiro atoms. The number of hydrogen-bond donors (Lipinski definition) is 1. The van der Waals surface area contributed by atoms with Gasteiger partial charge in [0.2, 0.25) is 5.91 Å². The van der Waals surface area contributed by atoms with Crippen molar-refractivity contribution < 1.29 is 18.0 Å². The lowest BCUT2D eigenvalue weighted by atomic mass is 9.91. The summed E-state index contributed by atoms with van der Waals surface area (Å²) in [6, 6.07) is 1.88. The number of nitrogens with zero attached hydrogens (tertiary/aromatic N) is 5. The van der Waals surface area contributed by atoms with E-state index in [4.69, 9.17) is 0 Å². The average molecular weight is 378 g/mol. The average Bonchev–Trinajstić information content (AvgIpc) is 3.14. The van der Waals surface area contributed by atoms with E-state index in [0.717, 1.165) is 17.2 Å². The largest absolute Gasteiger partial charge is 0.389 e. The van der Waals surface area contributed by atoms with E-state index in [1.807, 2.05) is 6.07 Å². The zero-order valence-electron chi connectivity index (χ0n) is 14.3. The van der Waals surface area contributed by atoms with Gasteiger partial charge in [0.05, 0.1) is 18.3 Å². The predicted octanol–water partition coefficient (Wildman–Crippen LogP) is 2.95. The molecule has 1 aliphatic rings. The third-order valence-corrected chi connectivity index (χ3v) is 4.89. The van der Waals surface area contributed by atoms with Gasteiger partial charge in [-0.1, -0.05) is 0 Å². The SMILES string of the molecule is O=C(CCC(F)(F)F)N1CCCC(c2nncc3nnc4[nH]ccc4c23)C1. The van der Waals surface area contributed by atoms with Crippen LogP contribution in [0.4, 0.5) is 13.2 Å². The van der Waals surface area contributed by atoms with E-state index in [0.29, 0.717) is 36.4 Å². The number of alkyl halides is 3. The van der Waals surface area contributed by atoms with Crippen molar-refractivity contribution in [1.29, 1.82) is 0 Å². The molecule has 0 saturated carbocycles. The van der Waals surface area contributed by atoms with E-state index in [-0.39, 0.29) is 5.92 Å². The first-order chi connectivity index (χ1) is 12.9. The lowest BCUT2D eigenvalue weighted by Crippen LogP contribution is -2.39. The number of nitrogens with one attached hydrogen (secondary N) is 1. The second-order valence-corrected chi connectivity index (χ2v) is 6.72. The predicted molar refractivity (Wildman–Crippen MR) is 90.8 cm³/mol. The molecule has 27 heavy (non-hydrogen) atoms. The Balaban J connectivity index is 1.62. The minimum absolute atomic E-state index is 0.105. The van der Waals surface area contributed by atoms with Gasteiger partial charge in [-0.2, -0.15) is 23.4 Å². The van der Waals surface area contributed by atoms with Gasteiger partial charge in [0.15, 0.2) is 5.65 Å². The number of aromatic nitrogens is 5. The van der Waals surface area contributed by atoms with Gasteiger partial charge in [-0.05, 0) is 18.9 Å². The molecule has 3 aromatic rings. The first kappa shape index (κ1) is 17.6. The fraction of sp³-hybridized carbons (Fsp3) is 0.471. The second kappa shape index (κ2) is 6.75. The molecular weight excluding hydrogens is 361 g/mol. The Morgan fingerprint density at radius 3 is 2.96 bits per heavy atom. The Kier molecular flexibility index (Phi) is 4.40. The molecule has 0 aromatic carbocycles. The Bertz CT molecular complexity index is 986. The minimum Gasteiger partial charge on any atom is -0.345 e. The highest BCUT2D eigenvalue weighted by molar-refractivity contribution is 6.03. The van der Waals surface area contributed by atoms with Crippen LogP contribution >= 0.6 is 0 Å². The number of aromatic amines is 1. The molecule has 1 aliphatic heterocycles. The van der Waals surface area contributed by atoms with Crippen LogP contribution in [0.1, 0.15) is 37.3 Å². The molecule has 1 unspecified atom stereocenters. The topological polar surface area (TPSA) is 87.7 Å². The number of piperidine rings is 1. The van der Waals surface area contributed by atoms with Crippen molar-refractivity contribution in [2.24, 2.45) is 0 Å². The molecule has 4 rings (SSSR count). The number of amides is 1. The van der Waals surface area contributed by atoms with E-state index in [1.165, 1.54) is 11.1 Å². The maximum Gasteiger partial charge on any atom is 0.389 e. The summed E-state index contributed by atoms with van der Waals surface area (Å²) in [5.74, 6) is -0.580. The van der Waals surface area contributed by atoms with Crippen LogP contribution in [0, 0.1) is 0 Å². The summed E-state index contributed by atoms with van der Waals surface area (Å²) < 4.78 is 37.2. The van der Waals surface area contributed by atoms with Crippen molar-refractivity contribution in [3.8, 4) is 0 Å². The van der Waals surface area contributed by atoms with Gasteiger partial charge >= 0.3 is 6.18 Å². The van der Waals surface area contributed by atoms with Crippen LogP contribution in [-0.2, 0) is 4.79 Å². The molecular formula is C17H17F3N6O. The molecule has 4 heterocycles. The normalized spacial score (nSPS) is 18.3. The van der Waals surface area contributed by atoms with E-state index in [2.05, 4.69) is 25.4 Å². The molecule has 0 radical (unpaired) electrons. The summed E-state index contributed by atoms with van der Waals surface area (Å²) >= 11 is 0. The second-order valence-electron chi connectivity index (χ2n) is 6.72. The third-order valence-electron chi connectivity index (χ3n) is 4.89. The van der Waals surface area contributed by atoms with Gasteiger partial charge in [-0.3, -0.25) is 4.79 Å². The van der Waals surface area contributed by atoms with Crippen LogP contribution in [-0.4, -0.2) is 55.5 Å². The number of likely N-dealkylation sites (tertiary alicyclic amines) is 1. The van der Waals surface area contributed by atoms with E-state index in [9.17, 15) is 18.0 Å². The van der Waals surface area contributed by atoms with Gasteiger partial charge in [0.1, 0.15) is 5.52 Å². The Morgan fingerprint density at radius 2 is 2.15 bits per heavy atom. The summed E-state index contributed by atoms with van der Waals surface area (Å²) in [5, 5.41) is 18.2. The fourth-order valence-corrected chi connectivity index (χ4v) is 3.61. The lowest BCUT2D eigenvalue weighted by molar-refractivity contribution is -0.149. The minimum atomic E-state index is -4.33. The van der Waals surface area contributed by atoms with Crippen LogP contribution in [0.15, 0.2) is 18.5 Å². The molecule has 1 N–H and O–H groups in total. The number of carbonyl (C=O) groups is 1. The molecule has 7 nitrogen and oxygen atoms in total. The molecule has 1 saturated heterocycles. The maximum atomic E-state index is 12.4. The van der Waals surface area contributed by atoms with Crippen molar-refractivity contribution in [2.45, 2.75) is 37.8 Å². The molecule has 1 atom stereocenters. The zero-order valence-corrected chi connectivity index (χ0v) is 14.3. The van der Waals surface area contributed by atoms with Crippen molar-refractivity contribution >= 4 is 27.8 Å². The molecule has 142 valence electrons. The number of fused-ring (bicyclic) bond motifs is 3. The fourth-order valence-electron chi connectivity index (χ4n) is 3.61. The maximum absolute atomic E-state index is 12.4. The van der Waals surface area contributed by atoms with E-state index in [1.54, 1.807) is 6.20 Å². The number of hydrogen-bond acceptors (Lipinski definition) is 5. The molecule has 3 aromatic heterocycles. The van der Waals surface area contributed by atoms with Gasteiger partial charge in [-0.25, -0.2) is 0 Å². The van der Waals surface area contributed by atoms with Crippen LogP contribution in [0.3, 0.4) is 0 Å². The van der Waals surface area contributed by atoms with Crippen molar-refractivity contribution in [1.82, 2.24) is 30.3 Å². The molecule has 10 heteroatoms. The lowest BCUT2D eigenvalue weighted by Gasteiger charge is -2.32. The summed E-state index contributed by atoms with van der Waals surface area (Å²) in [4.78, 5) is 16.7. The smallest absolute Gasteiger partial charge is 0.345 e. The number of carbonyl (C=O) groups excluding carboxylic acids is 1. The molecule has 0 bridgehead atoms. The molecule has 1 fully saturated rings. The molecule has 1 amide bonds. The van der Waals surface area contributed by atoms with Gasteiger partial charge < -0.3 is 9.88 Å². The van der Waals surface area contributed by atoms with Crippen LogP contribution < -0.4 is 0 Å². The number of halogens is 3. The van der Waals surface area contributed by atoms with Crippen molar-refractivity contribution in [3.63, 3.8) is 0 Å². The number of rotatable bonds is 3. The van der Waals surface area contributed by atoms with Gasteiger partial charge in [-0.15, -0.1) is 10.2 Å². The van der Waals surface area contributed by atoms with Crippen molar-refractivity contribution in [2.75, 3.05) is 13.1 Å². The van der Waals surface area contributed by atoms with E-state index < -0.39 is 24.9 Å². The Hall–Kier alpha value is -2.78. The highest BCUT2D eigenvalue weighted by atomic mass is 19.4. The van der Waals surface area contributed by atoms with E-state index >= 15 is 0 Å². The Labute approximate surface area is 152 Å². The first-order valence-electron chi connectivity index (χ1n) is 8.72. The Morgan fingerprint density at radius 1 is 1.30 bits per heavy atom. The monoisotopic (exact) mass is 378 g/mol. The summed E-state index contributed by atoms with van der Waals surface area (Å²) in [7, 11) is 0. The standard InChI is InChI=1S/C17H17F3N6O/c18-17(19,20)5-3-13(27)26-7-1-2-10(9-26)15-14-11-4-6-21-16(11)25-23-12(14)8-22-24-15/h4,6,8,10H,1-3,5,7,9H2,(H,21,25). The highest BCUT2D eigenvalue weighted by Gasteiger charge is 2.32. The quantitative estimate of drug-likeness (QED) is 0.757. The van der Waals surface area contributed by atoms with Crippen LogP contribution in [0.5, 0.6) is 0 Å². The van der Waals surface area contributed by atoms with Gasteiger partial charge in [0.25, 0.3) is 0 Å². The first-order valence-corrected chi connectivity index (χ1v) is 8.72. The molecule has 0 aliphatic carbocycles. The highest BCUT2D eigenvalue weighted by Crippen LogP contribution is 2.33. The van der Waals surface area contributed by atoms with Crippen LogP contribution in [0.2, 0.25) is 0 Å². The summed E-state index contributed by atoms with van der Waals surface area (Å²) in [5.41, 5.74) is 1.94. The third kappa shape index (κ3) is 3.56. The summed E-state index contributed by atoms with van der Waals surface area (Å²) in [6.07, 6.45) is -1.17. The summed E-state index contributed by atoms with van der Waals surface area (Å²) in [6.45, 7) is 0.795. The van der Waals surface area contributed by atoms with Crippen molar-refractivity contribution in [3.05, 3.63) is 24.2 Å². The van der Waals surface area contributed by atoms with Crippen LogP contribution in [0.25, 0.3) is 21.9 Å². The number of H-pyrrole nitrogens is 1.